The number of Topliss-reactive ketones (excluding diaryl/α,β-unsaturated/α-hetero) is 1. The van der Waals surface area contributed by atoms with Gasteiger partial charge in [0, 0.05) is 24.4 Å². The van der Waals surface area contributed by atoms with E-state index < -0.39 is 0 Å². The van der Waals surface area contributed by atoms with Gasteiger partial charge < -0.3 is 0 Å². The lowest BCUT2D eigenvalue weighted by Gasteiger charge is -2.43. The van der Waals surface area contributed by atoms with Gasteiger partial charge in [-0.15, -0.1) is 0 Å². The highest BCUT2D eigenvalue weighted by Crippen LogP contribution is 2.47. The Morgan fingerprint density at radius 2 is 2.05 bits per heavy atom. The summed E-state index contributed by atoms with van der Waals surface area (Å²) in [6.07, 6.45) is 4.27. The third-order valence-electron chi connectivity index (χ3n) is 5.58. The highest BCUT2D eigenvalue weighted by molar-refractivity contribution is 5.83. The van der Waals surface area contributed by atoms with Crippen LogP contribution in [0.5, 0.6) is 0 Å². The first-order chi connectivity index (χ1) is 9.63. The van der Waals surface area contributed by atoms with Crippen molar-refractivity contribution in [2.45, 2.75) is 57.5 Å². The number of benzene rings is 1. The standard InChI is InChI=1S/C18H25NO/c1-4-17(20)18-15(14-8-6-5-7-12(14)2)11-13-9-10-16(18)19(13)3/h5-8,13,15-16,18H,4,9-11H2,1-3H3/t13-,15+,16+,18+/m0/s1. The van der Waals surface area contributed by atoms with E-state index in [2.05, 4.69) is 43.1 Å². The predicted molar refractivity (Wildman–Crippen MR) is 81.9 cm³/mol. The Hall–Kier alpha value is -1.15. The lowest BCUT2D eigenvalue weighted by molar-refractivity contribution is -0.126. The minimum Gasteiger partial charge on any atom is -0.300 e. The van der Waals surface area contributed by atoms with E-state index in [4.69, 9.17) is 0 Å². The maximum Gasteiger partial charge on any atom is 0.137 e. The first-order valence-corrected chi connectivity index (χ1v) is 7.93. The number of rotatable bonds is 3. The second kappa shape index (κ2) is 5.33. The van der Waals surface area contributed by atoms with Crippen molar-refractivity contribution in [1.82, 2.24) is 4.90 Å². The van der Waals surface area contributed by atoms with Crippen LogP contribution < -0.4 is 0 Å². The Morgan fingerprint density at radius 3 is 2.75 bits per heavy atom. The summed E-state index contributed by atoms with van der Waals surface area (Å²) in [5, 5.41) is 0. The molecule has 3 rings (SSSR count). The molecule has 2 fully saturated rings. The van der Waals surface area contributed by atoms with Gasteiger partial charge in [-0.25, -0.2) is 0 Å². The molecular weight excluding hydrogens is 246 g/mol. The van der Waals surface area contributed by atoms with Gasteiger partial charge in [0.2, 0.25) is 0 Å². The molecule has 4 atom stereocenters. The average molecular weight is 271 g/mol. The number of hydrogen-bond donors (Lipinski definition) is 0. The summed E-state index contributed by atoms with van der Waals surface area (Å²) in [7, 11) is 2.21. The average Bonchev–Trinajstić information content (AvgIpc) is 2.70. The lowest BCUT2D eigenvalue weighted by Crippen LogP contribution is -2.48. The van der Waals surface area contributed by atoms with Crippen LogP contribution >= 0.6 is 0 Å². The van der Waals surface area contributed by atoms with Crippen LogP contribution in [0, 0.1) is 12.8 Å². The molecule has 20 heavy (non-hydrogen) atoms. The van der Waals surface area contributed by atoms with Crippen LogP contribution in [0.4, 0.5) is 0 Å². The number of piperidine rings is 1. The van der Waals surface area contributed by atoms with Gasteiger partial charge >= 0.3 is 0 Å². The van der Waals surface area contributed by atoms with E-state index in [-0.39, 0.29) is 5.92 Å². The van der Waals surface area contributed by atoms with E-state index in [9.17, 15) is 4.79 Å². The van der Waals surface area contributed by atoms with Crippen molar-refractivity contribution in [3.63, 3.8) is 0 Å². The molecular formula is C18H25NO. The highest BCUT2D eigenvalue weighted by Gasteiger charge is 2.48. The number of aryl methyl sites for hydroxylation is 1. The van der Waals surface area contributed by atoms with Crippen molar-refractivity contribution in [2.75, 3.05) is 7.05 Å². The van der Waals surface area contributed by atoms with Crippen molar-refractivity contribution in [3.05, 3.63) is 35.4 Å². The van der Waals surface area contributed by atoms with Gasteiger partial charge in [0.1, 0.15) is 5.78 Å². The second-order valence-electron chi connectivity index (χ2n) is 6.51. The first kappa shape index (κ1) is 13.8. The molecule has 108 valence electrons. The second-order valence-corrected chi connectivity index (χ2v) is 6.51. The predicted octanol–water partition coefficient (Wildman–Crippen LogP) is 3.54. The van der Waals surface area contributed by atoms with E-state index in [0.29, 0.717) is 30.2 Å². The Balaban J connectivity index is 2.00. The molecule has 2 heteroatoms. The highest BCUT2D eigenvalue weighted by atomic mass is 16.1. The summed E-state index contributed by atoms with van der Waals surface area (Å²) >= 11 is 0. The van der Waals surface area contributed by atoms with E-state index >= 15 is 0 Å². The monoisotopic (exact) mass is 271 g/mol. The van der Waals surface area contributed by atoms with Crippen molar-refractivity contribution >= 4 is 5.78 Å². The zero-order valence-corrected chi connectivity index (χ0v) is 12.8. The number of carbonyl (C=O) groups excluding carboxylic acids is 1. The molecule has 1 aromatic rings. The Labute approximate surface area is 122 Å². The molecule has 0 unspecified atom stereocenters. The smallest absolute Gasteiger partial charge is 0.137 e. The van der Waals surface area contributed by atoms with Crippen LogP contribution in [-0.4, -0.2) is 29.8 Å². The van der Waals surface area contributed by atoms with Crippen LogP contribution in [0.1, 0.15) is 49.7 Å². The summed E-state index contributed by atoms with van der Waals surface area (Å²) < 4.78 is 0. The van der Waals surface area contributed by atoms with Gasteiger partial charge in [-0.2, -0.15) is 0 Å². The number of hydrogen-bond acceptors (Lipinski definition) is 2. The van der Waals surface area contributed by atoms with Crippen molar-refractivity contribution in [3.8, 4) is 0 Å². The van der Waals surface area contributed by atoms with E-state index in [0.717, 1.165) is 6.42 Å². The third kappa shape index (κ3) is 2.10. The maximum absolute atomic E-state index is 12.6. The topological polar surface area (TPSA) is 20.3 Å². The molecule has 2 saturated heterocycles. The first-order valence-electron chi connectivity index (χ1n) is 7.93. The summed E-state index contributed by atoms with van der Waals surface area (Å²) in [6, 6.07) is 9.77. The van der Waals surface area contributed by atoms with Gasteiger partial charge in [-0.1, -0.05) is 31.2 Å². The molecule has 1 aromatic carbocycles. The van der Waals surface area contributed by atoms with Crippen LogP contribution in [0.15, 0.2) is 24.3 Å². The number of ketones is 1. The van der Waals surface area contributed by atoms with Gasteiger partial charge in [0.15, 0.2) is 0 Å². The molecule has 2 nitrogen and oxygen atoms in total. The maximum atomic E-state index is 12.6. The molecule has 0 aliphatic carbocycles. The molecule has 2 aliphatic rings. The molecule has 2 aliphatic heterocycles. The van der Waals surface area contributed by atoms with E-state index in [1.807, 2.05) is 6.92 Å². The van der Waals surface area contributed by atoms with Crippen LogP contribution in [-0.2, 0) is 4.79 Å². The Kier molecular flexibility index (Phi) is 3.68. The SMILES string of the molecule is CCC(=O)[C@@H]1[C@@H](c2ccccc2C)C[C@@H]2CC[C@H]1N2C. The summed E-state index contributed by atoms with van der Waals surface area (Å²) in [6.45, 7) is 4.20. The molecule has 0 N–H and O–H groups in total. The molecule has 0 aromatic heterocycles. The fraction of sp³-hybridized carbons (Fsp3) is 0.611. The van der Waals surface area contributed by atoms with Crippen LogP contribution in [0.2, 0.25) is 0 Å². The largest absolute Gasteiger partial charge is 0.300 e. The molecule has 2 heterocycles. The fourth-order valence-electron chi connectivity index (χ4n) is 4.46. The lowest BCUT2D eigenvalue weighted by atomic mass is 9.72. The van der Waals surface area contributed by atoms with Gasteiger partial charge in [0.05, 0.1) is 0 Å². The van der Waals surface area contributed by atoms with Crippen LogP contribution in [0.25, 0.3) is 0 Å². The number of carbonyl (C=O) groups is 1. The summed E-state index contributed by atoms with van der Waals surface area (Å²) in [5.41, 5.74) is 2.75. The quantitative estimate of drug-likeness (QED) is 0.838. The van der Waals surface area contributed by atoms with Crippen molar-refractivity contribution in [2.24, 2.45) is 5.92 Å². The molecule has 2 bridgehead atoms. The minimum atomic E-state index is 0.199. The molecule has 0 amide bonds. The van der Waals surface area contributed by atoms with Gasteiger partial charge in [0.25, 0.3) is 0 Å². The minimum absolute atomic E-state index is 0.199. The summed E-state index contributed by atoms with van der Waals surface area (Å²) in [5.74, 6) is 1.08. The van der Waals surface area contributed by atoms with Crippen LogP contribution in [0.3, 0.4) is 0 Å². The third-order valence-corrected chi connectivity index (χ3v) is 5.58. The number of fused-ring (bicyclic) bond motifs is 2. The zero-order chi connectivity index (χ0) is 14.3. The fourth-order valence-corrected chi connectivity index (χ4v) is 4.46. The Morgan fingerprint density at radius 1 is 1.30 bits per heavy atom. The van der Waals surface area contributed by atoms with Gasteiger partial charge in [-0.05, 0) is 50.3 Å². The van der Waals surface area contributed by atoms with Gasteiger partial charge in [-0.3, -0.25) is 9.69 Å². The normalized spacial score (nSPS) is 33.4. The summed E-state index contributed by atoms with van der Waals surface area (Å²) in [4.78, 5) is 15.0. The van der Waals surface area contributed by atoms with E-state index in [1.54, 1.807) is 0 Å². The zero-order valence-electron chi connectivity index (χ0n) is 12.8. The van der Waals surface area contributed by atoms with E-state index in [1.165, 1.54) is 24.0 Å². The molecule has 0 radical (unpaired) electrons. The molecule has 0 saturated carbocycles. The molecule has 0 spiro atoms. The van der Waals surface area contributed by atoms with Crippen molar-refractivity contribution in [1.29, 1.82) is 0 Å². The number of nitrogens with zero attached hydrogens (tertiary/aromatic N) is 1. The van der Waals surface area contributed by atoms with Crippen molar-refractivity contribution < 1.29 is 4.79 Å². The Bertz CT molecular complexity index is 510.